The van der Waals surface area contributed by atoms with Crippen molar-refractivity contribution in [2.45, 2.75) is 91.0 Å². The van der Waals surface area contributed by atoms with Gasteiger partial charge >= 0.3 is 7.82 Å². The van der Waals surface area contributed by atoms with Gasteiger partial charge in [-0.15, -0.1) is 5.92 Å². The molecule has 0 N–H and O–H groups in total. The highest BCUT2D eigenvalue weighted by Gasteiger charge is 2.36. The molecule has 32 heavy (non-hydrogen) atoms. The Morgan fingerprint density at radius 3 is 2.22 bits per heavy atom. The Balaban J connectivity index is 2.63. The summed E-state index contributed by atoms with van der Waals surface area (Å²) >= 11 is 0. The van der Waals surface area contributed by atoms with E-state index in [-0.39, 0.29) is 18.3 Å². The number of rotatable bonds is 14. The lowest BCUT2D eigenvalue weighted by Crippen LogP contribution is -2.40. The first-order chi connectivity index (χ1) is 15.0. The Labute approximate surface area is 197 Å². The van der Waals surface area contributed by atoms with Crippen LogP contribution in [0, 0.1) is 11.8 Å². The van der Waals surface area contributed by atoms with Gasteiger partial charge in [-0.25, -0.2) is 4.57 Å². The quantitative estimate of drug-likeness (QED) is 0.120. The van der Waals surface area contributed by atoms with Crippen molar-refractivity contribution in [3.8, 4) is 11.8 Å². The van der Waals surface area contributed by atoms with Gasteiger partial charge in [0.25, 0.3) is 0 Å². The lowest BCUT2D eigenvalue weighted by atomic mass is 10.1. The van der Waals surface area contributed by atoms with E-state index < -0.39 is 22.2 Å². The minimum atomic E-state index is -3.62. The molecule has 0 bridgehead atoms. The van der Waals surface area contributed by atoms with Crippen LogP contribution in [0.4, 0.5) is 0 Å². The third-order valence-corrected chi connectivity index (χ3v) is 11.8. The molecule has 5 nitrogen and oxygen atoms in total. The van der Waals surface area contributed by atoms with Gasteiger partial charge < -0.3 is 4.43 Å². The third-order valence-electron chi connectivity index (χ3n) is 5.60. The van der Waals surface area contributed by atoms with Crippen molar-refractivity contribution >= 4 is 16.1 Å². The summed E-state index contributed by atoms with van der Waals surface area (Å²) in [6.45, 7) is 16.1. The third kappa shape index (κ3) is 11.3. The van der Waals surface area contributed by atoms with E-state index in [2.05, 4.69) is 57.8 Å². The van der Waals surface area contributed by atoms with Crippen molar-refractivity contribution < 1.29 is 22.6 Å². The van der Waals surface area contributed by atoms with Gasteiger partial charge in [0.1, 0.15) is 6.10 Å². The van der Waals surface area contributed by atoms with E-state index in [9.17, 15) is 4.57 Å². The van der Waals surface area contributed by atoms with Crippen LogP contribution < -0.4 is 0 Å². The molecule has 1 rings (SSSR count). The lowest BCUT2D eigenvalue weighted by molar-refractivity contribution is 0.101. The van der Waals surface area contributed by atoms with Gasteiger partial charge in [-0.3, -0.25) is 13.6 Å². The fourth-order valence-electron chi connectivity index (χ4n) is 2.71. The molecule has 0 aliphatic heterocycles. The van der Waals surface area contributed by atoms with Crippen LogP contribution in [-0.2, 0) is 29.0 Å². The molecule has 0 radical (unpaired) electrons. The zero-order valence-electron chi connectivity index (χ0n) is 21.1. The minimum absolute atomic E-state index is 0.227. The highest BCUT2D eigenvalue weighted by molar-refractivity contribution is 7.48. The summed E-state index contributed by atoms with van der Waals surface area (Å²) in [5, 5.41) is 0.227. The molecular formula is C25H43O5PSi. The van der Waals surface area contributed by atoms with E-state index in [1.54, 1.807) is 13.8 Å². The maximum Gasteiger partial charge on any atom is 0.475 e. The molecule has 182 valence electrons. The van der Waals surface area contributed by atoms with Crippen molar-refractivity contribution in [3.05, 3.63) is 35.9 Å². The first-order valence-electron chi connectivity index (χ1n) is 11.8. The monoisotopic (exact) mass is 482 g/mol. The SMILES string of the molecule is CCOP(=O)(OCC)OC(C#CCCCCO[Si](C)(C)C(C)(C)C)CCc1ccccc1. The molecule has 0 aromatic heterocycles. The van der Waals surface area contributed by atoms with Crippen LogP contribution in [0.3, 0.4) is 0 Å². The maximum absolute atomic E-state index is 12.8. The van der Waals surface area contributed by atoms with Gasteiger partial charge in [-0.1, -0.05) is 57.0 Å². The Bertz CT molecular complexity index is 739. The van der Waals surface area contributed by atoms with Crippen LogP contribution in [0.1, 0.15) is 65.9 Å². The topological polar surface area (TPSA) is 54.0 Å². The maximum atomic E-state index is 12.8. The molecule has 0 fully saturated rings. The van der Waals surface area contributed by atoms with Crippen LogP contribution in [-0.4, -0.2) is 34.2 Å². The summed E-state index contributed by atoms with van der Waals surface area (Å²) in [4.78, 5) is 0. The van der Waals surface area contributed by atoms with Gasteiger partial charge in [0, 0.05) is 13.0 Å². The molecular weight excluding hydrogens is 439 g/mol. The van der Waals surface area contributed by atoms with Crippen LogP contribution in [0.5, 0.6) is 0 Å². The number of phosphoric ester groups is 1. The molecule has 0 aliphatic carbocycles. The van der Waals surface area contributed by atoms with Crippen molar-refractivity contribution in [3.63, 3.8) is 0 Å². The Morgan fingerprint density at radius 1 is 1.03 bits per heavy atom. The van der Waals surface area contributed by atoms with Crippen LogP contribution >= 0.6 is 7.82 Å². The normalized spacial score (nSPS) is 13.5. The van der Waals surface area contributed by atoms with Crippen molar-refractivity contribution in [2.75, 3.05) is 19.8 Å². The fourth-order valence-corrected chi connectivity index (χ4v) is 5.10. The second-order valence-electron chi connectivity index (χ2n) is 9.29. The van der Waals surface area contributed by atoms with E-state index in [4.69, 9.17) is 18.0 Å². The second kappa shape index (κ2) is 14.4. The largest absolute Gasteiger partial charge is 0.475 e. The highest BCUT2D eigenvalue weighted by atomic mass is 31.2. The number of aryl methyl sites for hydroxylation is 1. The van der Waals surface area contributed by atoms with E-state index in [0.29, 0.717) is 6.42 Å². The molecule has 0 saturated heterocycles. The smallest absolute Gasteiger partial charge is 0.417 e. The highest BCUT2D eigenvalue weighted by Crippen LogP contribution is 2.50. The molecule has 0 amide bonds. The van der Waals surface area contributed by atoms with E-state index >= 15 is 0 Å². The average molecular weight is 483 g/mol. The zero-order chi connectivity index (χ0) is 24.1. The Hall–Kier alpha value is -0.933. The number of hydrogen-bond donors (Lipinski definition) is 0. The fraction of sp³-hybridized carbons (Fsp3) is 0.680. The molecule has 1 atom stereocenters. The van der Waals surface area contributed by atoms with Crippen molar-refractivity contribution in [1.29, 1.82) is 0 Å². The van der Waals surface area contributed by atoms with Crippen LogP contribution in [0.2, 0.25) is 18.1 Å². The number of benzene rings is 1. The summed E-state index contributed by atoms with van der Waals surface area (Å²) in [5.41, 5.74) is 1.19. The van der Waals surface area contributed by atoms with E-state index in [1.165, 1.54) is 5.56 Å². The Morgan fingerprint density at radius 2 is 1.66 bits per heavy atom. The summed E-state index contributed by atoms with van der Waals surface area (Å²) in [5.74, 6) is 6.36. The number of hydrogen-bond acceptors (Lipinski definition) is 5. The van der Waals surface area contributed by atoms with E-state index in [1.807, 2.05) is 18.2 Å². The molecule has 1 aromatic rings. The predicted octanol–water partition coefficient (Wildman–Crippen LogP) is 7.38. The van der Waals surface area contributed by atoms with Crippen molar-refractivity contribution in [1.82, 2.24) is 0 Å². The first kappa shape index (κ1) is 29.1. The summed E-state index contributed by atoms with van der Waals surface area (Å²) < 4.78 is 35.4. The van der Waals surface area contributed by atoms with Crippen LogP contribution in [0.15, 0.2) is 30.3 Å². The van der Waals surface area contributed by atoms with Gasteiger partial charge in [-0.05, 0) is 63.2 Å². The average Bonchev–Trinajstić information content (AvgIpc) is 2.71. The zero-order valence-corrected chi connectivity index (χ0v) is 23.0. The molecule has 7 heteroatoms. The number of phosphoric acid groups is 1. The molecule has 1 unspecified atom stereocenters. The summed E-state index contributed by atoms with van der Waals surface area (Å²) in [6, 6.07) is 10.1. The van der Waals surface area contributed by atoms with Crippen LogP contribution in [0.25, 0.3) is 0 Å². The number of unbranched alkanes of at least 4 members (excludes halogenated alkanes) is 2. The molecule has 0 heterocycles. The standard InChI is InChI=1S/C25H43O5PSi/c1-8-27-31(26,28-9-2)30-24(21-20-23-17-13-12-14-18-23)19-15-10-11-16-22-29-32(6,7)25(3,4)5/h12-14,17-18,24H,8-11,16,20-22H2,1-7H3. The summed E-state index contributed by atoms with van der Waals surface area (Å²) in [6.07, 6.45) is 3.57. The lowest BCUT2D eigenvalue weighted by Gasteiger charge is -2.36. The minimum Gasteiger partial charge on any atom is -0.417 e. The summed E-state index contributed by atoms with van der Waals surface area (Å²) in [7, 11) is -5.31. The van der Waals surface area contributed by atoms with E-state index in [0.717, 1.165) is 32.3 Å². The predicted molar refractivity (Wildman–Crippen MR) is 135 cm³/mol. The molecule has 1 aromatic carbocycles. The van der Waals surface area contributed by atoms with Gasteiger partial charge in [0.2, 0.25) is 0 Å². The Kier molecular flexibility index (Phi) is 13.1. The van der Waals surface area contributed by atoms with Gasteiger partial charge in [-0.2, -0.15) is 0 Å². The molecule has 0 aliphatic rings. The first-order valence-corrected chi connectivity index (χ1v) is 16.1. The second-order valence-corrected chi connectivity index (χ2v) is 15.7. The van der Waals surface area contributed by atoms with Gasteiger partial charge in [0.15, 0.2) is 8.32 Å². The molecule has 0 spiro atoms. The van der Waals surface area contributed by atoms with Gasteiger partial charge in [0.05, 0.1) is 13.2 Å². The van der Waals surface area contributed by atoms with Crippen molar-refractivity contribution in [2.24, 2.45) is 0 Å². The molecule has 0 saturated carbocycles.